The first kappa shape index (κ1) is 15.2. The van der Waals surface area contributed by atoms with Crippen LogP contribution in [-0.2, 0) is 4.79 Å². The molecule has 1 heterocycles. The number of carbonyl (C=O) groups excluding carboxylic acids is 1. The Balaban J connectivity index is 1.99. The van der Waals surface area contributed by atoms with Crippen LogP contribution in [0.5, 0.6) is 0 Å². The van der Waals surface area contributed by atoms with Crippen LogP contribution in [0.4, 0.5) is 19.3 Å². The Bertz CT molecular complexity index is 551. The second-order valence-electron chi connectivity index (χ2n) is 5.08. The SMILES string of the molecule is O=C(O)CC1CCCN(C(=O)Nc2cccc(F)c2F)C1. The number of aliphatic carboxylic acids is 1. The van der Waals surface area contributed by atoms with Crippen LogP contribution in [0.2, 0.25) is 0 Å². The summed E-state index contributed by atoms with van der Waals surface area (Å²) in [4.78, 5) is 24.2. The number of nitrogens with one attached hydrogen (secondary N) is 1. The minimum absolute atomic E-state index is 0.00188. The number of benzene rings is 1. The highest BCUT2D eigenvalue weighted by atomic mass is 19.2. The van der Waals surface area contributed by atoms with E-state index < -0.39 is 23.6 Å². The van der Waals surface area contributed by atoms with Crippen LogP contribution in [-0.4, -0.2) is 35.1 Å². The monoisotopic (exact) mass is 298 g/mol. The van der Waals surface area contributed by atoms with Gasteiger partial charge in [0, 0.05) is 19.5 Å². The first-order valence-electron chi connectivity index (χ1n) is 6.69. The number of carboxylic acid groups (broad SMARTS) is 1. The van der Waals surface area contributed by atoms with Crippen molar-refractivity contribution in [1.82, 2.24) is 4.90 Å². The fourth-order valence-corrected chi connectivity index (χ4v) is 2.46. The number of carbonyl (C=O) groups is 2. The molecule has 1 fully saturated rings. The Morgan fingerprint density at radius 2 is 2.14 bits per heavy atom. The zero-order valence-corrected chi connectivity index (χ0v) is 11.3. The lowest BCUT2D eigenvalue weighted by Gasteiger charge is -2.32. The second-order valence-corrected chi connectivity index (χ2v) is 5.08. The zero-order chi connectivity index (χ0) is 15.4. The summed E-state index contributed by atoms with van der Waals surface area (Å²) < 4.78 is 26.6. The molecule has 1 aromatic rings. The predicted octanol–water partition coefficient (Wildman–Crippen LogP) is 2.68. The molecule has 0 aromatic heterocycles. The van der Waals surface area contributed by atoms with Crippen molar-refractivity contribution in [2.75, 3.05) is 18.4 Å². The zero-order valence-electron chi connectivity index (χ0n) is 11.3. The van der Waals surface area contributed by atoms with E-state index in [4.69, 9.17) is 5.11 Å². The van der Waals surface area contributed by atoms with Crippen LogP contribution >= 0.6 is 0 Å². The smallest absolute Gasteiger partial charge is 0.321 e. The molecule has 114 valence electrons. The quantitative estimate of drug-likeness (QED) is 0.901. The van der Waals surface area contributed by atoms with Gasteiger partial charge >= 0.3 is 12.0 Å². The Morgan fingerprint density at radius 1 is 1.38 bits per heavy atom. The topological polar surface area (TPSA) is 69.6 Å². The van der Waals surface area contributed by atoms with Gasteiger partial charge in [-0.25, -0.2) is 13.6 Å². The predicted molar refractivity (Wildman–Crippen MR) is 71.9 cm³/mol. The van der Waals surface area contributed by atoms with Crippen molar-refractivity contribution in [3.63, 3.8) is 0 Å². The maximum Gasteiger partial charge on any atom is 0.321 e. The molecule has 1 saturated heterocycles. The number of piperidine rings is 1. The summed E-state index contributed by atoms with van der Waals surface area (Å²) in [5, 5.41) is 11.1. The highest BCUT2D eigenvalue weighted by Crippen LogP contribution is 2.22. The molecule has 0 spiro atoms. The maximum absolute atomic E-state index is 13.5. The Labute approximate surface area is 120 Å². The van der Waals surface area contributed by atoms with Crippen molar-refractivity contribution in [3.05, 3.63) is 29.8 Å². The van der Waals surface area contributed by atoms with Gasteiger partial charge in [-0.2, -0.15) is 0 Å². The van der Waals surface area contributed by atoms with E-state index in [0.29, 0.717) is 19.5 Å². The van der Waals surface area contributed by atoms with Gasteiger partial charge in [0.05, 0.1) is 5.69 Å². The van der Waals surface area contributed by atoms with E-state index in [1.807, 2.05) is 0 Å². The molecule has 5 nitrogen and oxygen atoms in total. The molecule has 1 atom stereocenters. The number of hydrogen-bond donors (Lipinski definition) is 2. The number of urea groups is 1. The van der Waals surface area contributed by atoms with Gasteiger partial charge in [0.1, 0.15) is 0 Å². The van der Waals surface area contributed by atoms with Gasteiger partial charge in [-0.1, -0.05) is 6.07 Å². The standard InChI is InChI=1S/C14H16F2N2O3/c15-10-4-1-5-11(13(10)16)17-14(21)18-6-2-3-9(8-18)7-12(19)20/h1,4-5,9H,2-3,6-8H2,(H,17,21)(H,19,20). The number of rotatable bonds is 3. The molecule has 0 bridgehead atoms. The molecule has 1 aromatic carbocycles. The van der Waals surface area contributed by atoms with Crippen LogP contribution in [0.3, 0.4) is 0 Å². The number of hydrogen-bond acceptors (Lipinski definition) is 2. The van der Waals surface area contributed by atoms with Crippen LogP contribution in [0.25, 0.3) is 0 Å². The summed E-state index contributed by atoms with van der Waals surface area (Å²) >= 11 is 0. The molecule has 0 saturated carbocycles. The van der Waals surface area contributed by atoms with E-state index in [0.717, 1.165) is 12.5 Å². The first-order chi connectivity index (χ1) is 9.97. The minimum Gasteiger partial charge on any atom is -0.481 e. The van der Waals surface area contributed by atoms with Gasteiger partial charge in [-0.05, 0) is 30.9 Å². The number of halogens is 2. The van der Waals surface area contributed by atoms with E-state index in [2.05, 4.69) is 5.32 Å². The number of anilines is 1. The maximum atomic E-state index is 13.5. The normalized spacial score (nSPS) is 18.4. The lowest BCUT2D eigenvalue weighted by molar-refractivity contribution is -0.138. The largest absolute Gasteiger partial charge is 0.481 e. The third-order valence-electron chi connectivity index (χ3n) is 3.46. The fourth-order valence-electron chi connectivity index (χ4n) is 2.46. The van der Waals surface area contributed by atoms with Gasteiger partial charge in [0.2, 0.25) is 0 Å². The number of carboxylic acids is 1. The molecule has 2 N–H and O–H groups in total. The lowest BCUT2D eigenvalue weighted by Crippen LogP contribution is -2.42. The van der Waals surface area contributed by atoms with Gasteiger partial charge in [0.25, 0.3) is 0 Å². The first-order valence-corrected chi connectivity index (χ1v) is 6.69. The van der Waals surface area contributed by atoms with Gasteiger partial charge in [0.15, 0.2) is 11.6 Å². The van der Waals surface area contributed by atoms with Gasteiger partial charge in [-0.3, -0.25) is 4.79 Å². The Morgan fingerprint density at radius 3 is 2.86 bits per heavy atom. The average molecular weight is 298 g/mol. The van der Waals surface area contributed by atoms with Gasteiger partial charge in [-0.15, -0.1) is 0 Å². The molecular formula is C14H16F2N2O3. The molecule has 21 heavy (non-hydrogen) atoms. The van der Waals surface area contributed by atoms with E-state index in [1.54, 1.807) is 0 Å². The number of amides is 2. The third kappa shape index (κ3) is 3.90. The molecule has 2 rings (SSSR count). The van der Waals surface area contributed by atoms with Crippen molar-refractivity contribution >= 4 is 17.7 Å². The molecule has 2 amide bonds. The van der Waals surface area contributed by atoms with Crippen molar-refractivity contribution in [3.8, 4) is 0 Å². The summed E-state index contributed by atoms with van der Waals surface area (Å²) in [5.41, 5.74) is -0.222. The molecular weight excluding hydrogens is 282 g/mol. The Hall–Kier alpha value is -2.18. The van der Waals surface area contributed by atoms with Crippen molar-refractivity contribution in [2.24, 2.45) is 5.92 Å². The van der Waals surface area contributed by atoms with Crippen LogP contribution in [0.1, 0.15) is 19.3 Å². The van der Waals surface area contributed by atoms with Crippen molar-refractivity contribution in [2.45, 2.75) is 19.3 Å². The molecule has 7 heteroatoms. The Kier molecular flexibility index (Phi) is 4.72. The molecule has 1 unspecified atom stereocenters. The van der Waals surface area contributed by atoms with Gasteiger partial charge < -0.3 is 15.3 Å². The second kappa shape index (κ2) is 6.51. The van der Waals surface area contributed by atoms with Crippen LogP contribution in [0.15, 0.2) is 18.2 Å². The lowest BCUT2D eigenvalue weighted by atomic mass is 9.95. The van der Waals surface area contributed by atoms with E-state index in [-0.39, 0.29) is 18.0 Å². The van der Waals surface area contributed by atoms with E-state index >= 15 is 0 Å². The molecule has 1 aliphatic rings. The fraction of sp³-hybridized carbons (Fsp3) is 0.429. The minimum atomic E-state index is -1.11. The summed E-state index contributed by atoms with van der Waals surface area (Å²) in [7, 11) is 0. The highest BCUT2D eigenvalue weighted by molar-refractivity contribution is 5.89. The number of nitrogens with zero attached hydrogens (tertiary/aromatic N) is 1. The van der Waals surface area contributed by atoms with E-state index in [1.165, 1.54) is 17.0 Å². The molecule has 0 radical (unpaired) electrons. The summed E-state index contributed by atoms with van der Waals surface area (Å²) in [6.07, 6.45) is 1.43. The third-order valence-corrected chi connectivity index (χ3v) is 3.46. The van der Waals surface area contributed by atoms with Crippen LogP contribution < -0.4 is 5.32 Å². The molecule has 0 aliphatic carbocycles. The van der Waals surface area contributed by atoms with E-state index in [9.17, 15) is 18.4 Å². The summed E-state index contributed by atoms with van der Waals surface area (Å²) in [5.74, 6) is -3.15. The average Bonchev–Trinajstić information content (AvgIpc) is 2.43. The number of likely N-dealkylation sites (tertiary alicyclic amines) is 1. The summed E-state index contributed by atoms with van der Waals surface area (Å²) in [6, 6.07) is 3.00. The molecule has 1 aliphatic heterocycles. The van der Waals surface area contributed by atoms with Crippen molar-refractivity contribution in [1.29, 1.82) is 0 Å². The summed E-state index contributed by atoms with van der Waals surface area (Å²) in [6.45, 7) is 0.772. The highest BCUT2D eigenvalue weighted by Gasteiger charge is 2.25. The van der Waals surface area contributed by atoms with Crippen molar-refractivity contribution < 1.29 is 23.5 Å². The van der Waals surface area contributed by atoms with Crippen LogP contribution in [0, 0.1) is 17.6 Å².